The van der Waals surface area contributed by atoms with Gasteiger partial charge in [-0.15, -0.1) is 0 Å². The van der Waals surface area contributed by atoms with Crippen molar-refractivity contribution in [3.05, 3.63) is 46.3 Å². The number of aromatic amines is 1. The van der Waals surface area contributed by atoms with E-state index in [0.29, 0.717) is 22.6 Å². The van der Waals surface area contributed by atoms with Crippen molar-refractivity contribution in [2.24, 2.45) is 0 Å². The molecule has 0 spiro atoms. The smallest absolute Gasteiger partial charge is 0.254 e. The number of halogens is 1. The van der Waals surface area contributed by atoms with Crippen molar-refractivity contribution in [1.82, 2.24) is 9.97 Å². The molecule has 0 atom stereocenters. The largest absolute Gasteiger partial charge is 0.496 e. The predicted molar refractivity (Wildman–Crippen MR) is 70.9 cm³/mol. The zero-order chi connectivity index (χ0) is 14.0. The number of ether oxygens (including phenoxy) is 1. The standard InChI is InChI=1S/C14H15FN2O2/c1-8(2)12-13(16-7-17-14(12)18)10-6-9(15)4-5-11(10)19-3/h4-8H,1-3H3,(H,16,17,18). The second-order valence-electron chi connectivity index (χ2n) is 4.49. The first-order valence-corrected chi connectivity index (χ1v) is 5.96. The Labute approximate surface area is 110 Å². The monoisotopic (exact) mass is 262 g/mol. The number of H-pyrrole nitrogens is 1. The molecule has 0 radical (unpaired) electrons. The van der Waals surface area contributed by atoms with Crippen LogP contribution >= 0.6 is 0 Å². The molecule has 1 heterocycles. The van der Waals surface area contributed by atoms with Crippen LogP contribution < -0.4 is 10.3 Å². The molecule has 0 aliphatic heterocycles. The summed E-state index contributed by atoms with van der Waals surface area (Å²) in [6.07, 6.45) is 1.31. The van der Waals surface area contributed by atoms with Gasteiger partial charge >= 0.3 is 0 Å². The van der Waals surface area contributed by atoms with E-state index >= 15 is 0 Å². The van der Waals surface area contributed by atoms with Gasteiger partial charge < -0.3 is 9.72 Å². The zero-order valence-corrected chi connectivity index (χ0v) is 11.0. The molecule has 1 aromatic heterocycles. The summed E-state index contributed by atoms with van der Waals surface area (Å²) in [5.41, 5.74) is 1.24. The van der Waals surface area contributed by atoms with Crippen molar-refractivity contribution < 1.29 is 9.13 Å². The van der Waals surface area contributed by atoms with Gasteiger partial charge in [-0.05, 0) is 24.1 Å². The van der Waals surface area contributed by atoms with E-state index in [1.807, 2.05) is 13.8 Å². The average molecular weight is 262 g/mol. The fraction of sp³-hybridized carbons (Fsp3) is 0.286. The summed E-state index contributed by atoms with van der Waals surface area (Å²) in [6, 6.07) is 4.16. The normalized spacial score (nSPS) is 10.8. The zero-order valence-electron chi connectivity index (χ0n) is 11.0. The topological polar surface area (TPSA) is 55.0 Å². The molecule has 5 heteroatoms. The van der Waals surface area contributed by atoms with Gasteiger partial charge in [-0.25, -0.2) is 9.37 Å². The van der Waals surface area contributed by atoms with Gasteiger partial charge in [-0.1, -0.05) is 13.8 Å². The van der Waals surface area contributed by atoms with Crippen LogP contribution in [0.5, 0.6) is 5.75 Å². The van der Waals surface area contributed by atoms with Crippen LogP contribution in [0.1, 0.15) is 25.3 Å². The van der Waals surface area contributed by atoms with Crippen molar-refractivity contribution in [3.63, 3.8) is 0 Å². The number of hydrogen-bond acceptors (Lipinski definition) is 3. The quantitative estimate of drug-likeness (QED) is 0.925. The van der Waals surface area contributed by atoms with Gasteiger partial charge in [-0.2, -0.15) is 0 Å². The second kappa shape index (κ2) is 5.22. The van der Waals surface area contributed by atoms with Crippen molar-refractivity contribution in [2.75, 3.05) is 7.11 Å². The summed E-state index contributed by atoms with van der Waals surface area (Å²) >= 11 is 0. The molecule has 4 nitrogen and oxygen atoms in total. The van der Waals surface area contributed by atoms with Crippen molar-refractivity contribution in [1.29, 1.82) is 0 Å². The molecular formula is C14H15FN2O2. The fourth-order valence-corrected chi connectivity index (χ4v) is 2.03. The van der Waals surface area contributed by atoms with Crippen LogP contribution in [0.2, 0.25) is 0 Å². The maximum Gasteiger partial charge on any atom is 0.254 e. The van der Waals surface area contributed by atoms with E-state index in [-0.39, 0.29) is 11.5 Å². The van der Waals surface area contributed by atoms with Crippen molar-refractivity contribution in [2.45, 2.75) is 19.8 Å². The lowest BCUT2D eigenvalue weighted by molar-refractivity contribution is 0.415. The molecule has 0 aliphatic carbocycles. The molecule has 0 saturated heterocycles. The Kier molecular flexibility index (Phi) is 3.64. The molecule has 2 rings (SSSR count). The van der Waals surface area contributed by atoms with Gasteiger partial charge in [0.05, 0.1) is 19.1 Å². The highest BCUT2D eigenvalue weighted by Gasteiger charge is 2.17. The maximum atomic E-state index is 13.4. The number of rotatable bonds is 3. The SMILES string of the molecule is COc1ccc(F)cc1-c1nc[nH]c(=O)c1C(C)C. The lowest BCUT2D eigenvalue weighted by atomic mass is 9.98. The highest BCUT2D eigenvalue weighted by molar-refractivity contribution is 5.70. The molecule has 100 valence electrons. The predicted octanol–water partition coefficient (Wildman–Crippen LogP) is 2.71. The summed E-state index contributed by atoms with van der Waals surface area (Å²) in [7, 11) is 1.50. The van der Waals surface area contributed by atoms with E-state index in [0.717, 1.165) is 0 Å². The van der Waals surface area contributed by atoms with Gasteiger partial charge in [0.2, 0.25) is 0 Å². The molecule has 1 N–H and O–H groups in total. The van der Waals surface area contributed by atoms with E-state index in [1.54, 1.807) is 0 Å². The lowest BCUT2D eigenvalue weighted by Gasteiger charge is -2.13. The first-order chi connectivity index (χ1) is 9.04. The van der Waals surface area contributed by atoms with Gasteiger partial charge in [0, 0.05) is 11.1 Å². The summed E-state index contributed by atoms with van der Waals surface area (Å²) in [5.74, 6) is 0.0643. The van der Waals surface area contributed by atoms with E-state index in [2.05, 4.69) is 9.97 Å². The van der Waals surface area contributed by atoms with E-state index < -0.39 is 5.82 Å². The highest BCUT2D eigenvalue weighted by atomic mass is 19.1. The number of aromatic nitrogens is 2. The van der Waals surface area contributed by atoms with E-state index in [9.17, 15) is 9.18 Å². The number of hydrogen-bond donors (Lipinski definition) is 1. The molecule has 0 aliphatic rings. The maximum absolute atomic E-state index is 13.4. The van der Waals surface area contributed by atoms with Crippen LogP contribution in [-0.2, 0) is 0 Å². The third-order valence-electron chi connectivity index (χ3n) is 2.88. The summed E-state index contributed by atoms with van der Waals surface area (Å²) in [4.78, 5) is 18.6. The number of benzene rings is 1. The first-order valence-electron chi connectivity index (χ1n) is 5.96. The molecule has 0 amide bonds. The van der Waals surface area contributed by atoms with Crippen LogP contribution in [-0.4, -0.2) is 17.1 Å². The Bertz CT molecular complexity index is 650. The highest BCUT2D eigenvalue weighted by Crippen LogP contribution is 2.32. The Morgan fingerprint density at radius 1 is 1.37 bits per heavy atom. The Hall–Kier alpha value is -2.17. The Morgan fingerprint density at radius 2 is 2.11 bits per heavy atom. The van der Waals surface area contributed by atoms with Gasteiger partial charge in [0.15, 0.2) is 0 Å². The molecule has 0 saturated carbocycles. The average Bonchev–Trinajstić information content (AvgIpc) is 2.37. The lowest BCUT2D eigenvalue weighted by Crippen LogP contribution is -2.16. The number of methoxy groups -OCH3 is 1. The van der Waals surface area contributed by atoms with Crippen LogP contribution in [0.3, 0.4) is 0 Å². The minimum atomic E-state index is -0.396. The van der Waals surface area contributed by atoms with Crippen molar-refractivity contribution in [3.8, 4) is 17.0 Å². The van der Waals surface area contributed by atoms with Crippen molar-refractivity contribution >= 4 is 0 Å². The third kappa shape index (κ3) is 2.50. The number of nitrogens with zero attached hydrogens (tertiary/aromatic N) is 1. The Morgan fingerprint density at radius 3 is 2.74 bits per heavy atom. The van der Waals surface area contributed by atoms with Gasteiger partial charge in [0.1, 0.15) is 11.6 Å². The van der Waals surface area contributed by atoms with Gasteiger partial charge in [0.25, 0.3) is 5.56 Å². The molecule has 0 fully saturated rings. The minimum Gasteiger partial charge on any atom is -0.496 e. The summed E-state index contributed by atoms with van der Waals surface area (Å²) in [6.45, 7) is 3.78. The molecule has 0 unspecified atom stereocenters. The van der Waals surface area contributed by atoms with Crippen LogP contribution in [0, 0.1) is 5.82 Å². The Balaban J connectivity index is 2.75. The van der Waals surface area contributed by atoms with Crippen LogP contribution in [0.4, 0.5) is 4.39 Å². The fourth-order valence-electron chi connectivity index (χ4n) is 2.03. The van der Waals surface area contributed by atoms with Crippen LogP contribution in [0.15, 0.2) is 29.3 Å². The first kappa shape index (κ1) is 13.3. The molecule has 2 aromatic rings. The van der Waals surface area contributed by atoms with E-state index in [4.69, 9.17) is 4.74 Å². The molecule has 0 bridgehead atoms. The third-order valence-corrected chi connectivity index (χ3v) is 2.88. The molecule has 19 heavy (non-hydrogen) atoms. The summed E-state index contributed by atoms with van der Waals surface area (Å²) < 4.78 is 18.6. The molecule has 1 aromatic carbocycles. The van der Waals surface area contributed by atoms with Gasteiger partial charge in [-0.3, -0.25) is 4.79 Å². The molecular weight excluding hydrogens is 247 g/mol. The van der Waals surface area contributed by atoms with E-state index in [1.165, 1.54) is 31.6 Å². The second-order valence-corrected chi connectivity index (χ2v) is 4.49. The van der Waals surface area contributed by atoms with Crippen LogP contribution in [0.25, 0.3) is 11.3 Å². The summed E-state index contributed by atoms with van der Waals surface area (Å²) in [5, 5.41) is 0. The number of nitrogens with one attached hydrogen (secondary N) is 1. The minimum absolute atomic E-state index is 0.0274.